The number of hydrogen-bond acceptors (Lipinski definition) is 3. The van der Waals surface area contributed by atoms with Gasteiger partial charge in [-0.2, -0.15) is 0 Å². The van der Waals surface area contributed by atoms with Crippen LogP contribution in [0.2, 0.25) is 0 Å². The van der Waals surface area contributed by atoms with E-state index < -0.39 is 6.03 Å². The van der Waals surface area contributed by atoms with E-state index in [0.29, 0.717) is 17.7 Å². The molecule has 5 nitrogen and oxygen atoms in total. The normalized spacial score (nSPS) is 11.6. The molecule has 0 aliphatic rings. The van der Waals surface area contributed by atoms with Crippen LogP contribution >= 0.6 is 0 Å². The SMILES string of the molecule is CC(=O)c1ccc(NC(=O)N[C@H](CO)Cc2ccccc2)cc1. The van der Waals surface area contributed by atoms with Gasteiger partial charge in [0.1, 0.15) is 0 Å². The van der Waals surface area contributed by atoms with Crippen molar-refractivity contribution in [3.8, 4) is 0 Å². The van der Waals surface area contributed by atoms with E-state index in [2.05, 4.69) is 10.6 Å². The van der Waals surface area contributed by atoms with E-state index in [9.17, 15) is 14.7 Å². The Balaban J connectivity index is 1.90. The maximum absolute atomic E-state index is 12.0. The second-order valence-corrected chi connectivity index (χ2v) is 5.30. The second kappa shape index (κ2) is 8.10. The minimum absolute atomic E-state index is 0.0239. The lowest BCUT2D eigenvalue weighted by Crippen LogP contribution is -2.41. The zero-order valence-electron chi connectivity index (χ0n) is 13.0. The first-order chi connectivity index (χ1) is 11.1. The highest BCUT2D eigenvalue weighted by Gasteiger charge is 2.12. The Morgan fingerprint density at radius 1 is 1.04 bits per heavy atom. The van der Waals surface area contributed by atoms with Crippen LogP contribution < -0.4 is 10.6 Å². The number of rotatable bonds is 6. The third kappa shape index (κ3) is 5.23. The van der Waals surface area contributed by atoms with E-state index in [1.165, 1.54) is 6.92 Å². The summed E-state index contributed by atoms with van der Waals surface area (Å²) in [6.45, 7) is 1.34. The van der Waals surface area contributed by atoms with E-state index in [1.54, 1.807) is 24.3 Å². The molecule has 0 bridgehead atoms. The topological polar surface area (TPSA) is 78.4 Å². The molecular formula is C18H20N2O3. The highest BCUT2D eigenvalue weighted by atomic mass is 16.3. The Morgan fingerprint density at radius 3 is 2.26 bits per heavy atom. The lowest BCUT2D eigenvalue weighted by Gasteiger charge is -2.17. The van der Waals surface area contributed by atoms with Crippen molar-refractivity contribution in [3.05, 3.63) is 65.7 Å². The van der Waals surface area contributed by atoms with E-state index >= 15 is 0 Å². The summed E-state index contributed by atoms with van der Waals surface area (Å²) in [4.78, 5) is 23.2. The van der Waals surface area contributed by atoms with Crippen molar-refractivity contribution in [1.29, 1.82) is 0 Å². The molecule has 0 heterocycles. The predicted octanol–water partition coefficient (Wildman–Crippen LogP) is 2.61. The largest absolute Gasteiger partial charge is 0.394 e. The molecule has 120 valence electrons. The van der Waals surface area contributed by atoms with Gasteiger partial charge in [-0.15, -0.1) is 0 Å². The third-order valence-corrected chi connectivity index (χ3v) is 3.43. The van der Waals surface area contributed by atoms with Crippen LogP contribution in [0, 0.1) is 0 Å². The first-order valence-corrected chi connectivity index (χ1v) is 7.42. The van der Waals surface area contributed by atoms with Gasteiger partial charge in [-0.05, 0) is 43.2 Å². The Labute approximate surface area is 135 Å². The molecule has 5 heteroatoms. The molecular weight excluding hydrogens is 292 g/mol. The standard InChI is InChI=1S/C18H20N2O3/c1-13(22)15-7-9-16(10-8-15)19-18(23)20-17(12-21)11-14-5-3-2-4-6-14/h2-10,17,21H,11-12H2,1H3,(H2,19,20,23)/t17-/m0/s1. The van der Waals surface area contributed by atoms with Gasteiger partial charge in [0.05, 0.1) is 12.6 Å². The van der Waals surface area contributed by atoms with Crippen LogP contribution in [0.1, 0.15) is 22.8 Å². The summed E-state index contributed by atoms with van der Waals surface area (Å²) in [5.41, 5.74) is 2.22. The highest BCUT2D eigenvalue weighted by molar-refractivity contribution is 5.95. The van der Waals surface area contributed by atoms with Crippen LogP contribution in [0.3, 0.4) is 0 Å². The van der Waals surface area contributed by atoms with Crippen LogP contribution in [0.25, 0.3) is 0 Å². The van der Waals surface area contributed by atoms with Gasteiger partial charge in [-0.25, -0.2) is 4.79 Å². The number of aliphatic hydroxyl groups excluding tert-OH is 1. The van der Waals surface area contributed by atoms with Gasteiger partial charge in [0.25, 0.3) is 0 Å². The number of benzene rings is 2. The van der Waals surface area contributed by atoms with Gasteiger partial charge in [0.2, 0.25) is 0 Å². The van der Waals surface area contributed by atoms with E-state index in [-0.39, 0.29) is 18.4 Å². The maximum Gasteiger partial charge on any atom is 0.319 e. The quantitative estimate of drug-likeness (QED) is 0.717. The molecule has 2 amide bonds. The zero-order chi connectivity index (χ0) is 16.7. The van der Waals surface area contributed by atoms with E-state index in [1.807, 2.05) is 30.3 Å². The van der Waals surface area contributed by atoms with Crippen LogP contribution in [-0.4, -0.2) is 29.6 Å². The number of anilines is 1. The van der Waals surface area contributed by atoms with E-state index in [0.717, 1.165) is 5.56 Å². The first-order valence-electron chi connectivity index (χ1n) is 7.42. The van der Waals surface area contributed by atoms with Crippen LogP contribution in [0.4, 0.5) is 10.5 Å². The number of carbonyl (C=O) groups excluding carboxylic acids is 2. The summed E-state index contributed by atoms with van der Waals surface area (Å²) < 4.78 is 0. The van der Waals surface area contributed by atoms with Crippen molar-refractivity contribution in [2.24, 2.45) is 0 Å². The number of carbonyl (C=O) groups is 2. The zero-order valence-corrected chi connectivity index (χ0v) is 13.0. The van der Waals surface area contributed by atoms with E-state index in [4.69, 9.17) is 0 Å². The van der Waals surface area contributed by atoms with Crippen molar-refractivity contribution in [3.63, 3.8) is 0 Å². The molecule has 3 N–H and O–H groups in total. The molecule has 2 rings (SSSR count). The lowest BCUT2D eigenvalue weighted by atomic mass is 10.1. The smallest absolute Gasteiger partial charge is 0.319 e. The molecule has 0 unspecified atom stereocenters. The average molecular weight is 312 g/mol. The van der Waals surface area contributed by atoms with Crippen molar-refractivity contribution < 1.29 is 14.7 Å². The fraction of sp³-hybridized carbons (Fsp3) is 0.222. The predicted molar refractivity (Wildman–Crippen MR) is 89.6 cm³/mol. The fourth-order valence-corrected chi connectivity index (χ4v) is 2.20. The summed E-state index contributed by atoms with van der Waals surface area (Å²) in [6.07, 6.45) is 0.550. The summed E-state index contributed by atoms with van der Waals surface area (Å²) in [5, 5.41) is 14.8. The molecule has 0 spiro atoms. The maximum atomic E-state index is 12.0. The molecule has 0 saturated carbocycles. The summed E-state index contributed by atoms with van der Waals surface area (Å²) in [5.74, 6) is -0.0239. The van der Waals surface area contributed by atoms with Crippen LogP contribution in [-0.2, 0) is 6.42 Å². The molecule has 23 heavy (non-hydrogen) atoms. The number of urea groups is 1. The number of hydrogen-bond donors (Lipinski definition) is 3. The Hall–Kier alpha value is -2.66. The number of nitrogens with one attached hydrogen (secondary N) is 2. The molecule has 2 aromatic rings. The number of amides is 2. The second-order valence-electron chi connectivity index (χ2n) is 5.30. The monoisotopic (exact) mass is 312 g/mol. The molecule has 0 aliphatic heterocycles. The van der Waals surface area contributed by atoms with Crippen molar-refractivity contribution in [2.45, 2.75) is 19.4 Å². The van der Waals surface area contributed by atoms with Crippen molar-refractivity contribution in [2.75, 3.05) is 11.9 Å². The van der Waals surface area contributed by atoms with Crippen LogP contribution in [0.15, 0.2) is 54.6 Å². The van der Waals surface area contributed by atoms with Gasteiger partial charge in [0, 0.05) is 11.3 Å². The number of Topliss-reactive ketones (excluding diaryl/α,β-unsaturated/α-hetero) is 1. The van der Waals surface area contributed by atoms with Gasteiger partial charge in [-0.3, -0.25) is 4.79 Å². The molecule has 0 saturated heterocycles. The Kier molecular flexibility index (Phi) is 5.88. The molecule has 0 aliphatic carbocycles. The molecule has 2 aromatic carbocycles. The number of ketones is 1. The summed E-state index contributed by atoms with van der Waals surface area (Å²) >= 11 is 0. The Bertz CT molecular complexity index is 654. The minimum atomic E-state index is -0.393. The molecule has 0 aromatic heterocycles. The van der Waals surface area contributed by atoms with Gasteiger partial charge >= 0.3 is 6.03 Å². The third-order valence-electron chi connectivity index (χ3n) is 3.43. The first kappa shape index (κ1) is 16.7. The fourth-order valence-electron chi connectivity index (χ4n) is 2.20. The highest BCUT2D eigenvalue weighted by Crippen LogP contribution is 2.10. The summed E-state index contributed by atoms with van der Waals surface area (Å²) in [6, 6.07) is 15.5. The Morgan fingerprint density at radius 2 is 1.70 bits per heavy atom. The van der Waals surface area contributed by atoms with Crippen molar-refractivity contribution >= 4 is 17.5 Å². The molecule has 0 radical (unpaired) electrons. The van der Waals surface area contributed by atoms with Gasteiger partial charge in [-0.1, -0.05) is 30.3 Å². The van der Waals surface area contributed by atoms with Crippen LogP contribution in [0.5, 0.6) is 0 Å². The van der Waals surface area contributed by atoms with Crippen molar-refractivity contribution in [1.82, 2.24) is 5.32 Å². The molecule has 1 atom stereocenters. The average Bonchev–Trinajstić information content (AvgIpc) is 2.55. The minimum Gasteiger partial charge on any atom is -0.394 e. The molecule has 0 fully saturated rings. The summed E-state index contributed by atoms with van der Waals surface area (Å²) in [7, 11) is 0. The van der Waals surface area contributed by atoms with Gasteiger partial charge < -0.3 is 15.7 Å². The number of aliphatic hydroxyl groups is 1. The lowest BCUT2D eigenvalue weighted by molar-refractivity contribution is 0.101. The van der Waals surface area contributed by atoms with Gasteiger partial charge in [0.15, 0.2) is 5.78 Å².